The first-order valence-corrected chi connectivity index (χ1v) is 5.78. The molecule has 0 spiro atoms. The number of nitrogen functional groups attached to an aromatic ring is 1. The molecule has 0 amide bonds. The van der Waals surface area contributed by atoms with E-state index in [-0.39, 0.29) is 5.97 Å². The fourth-order valence-electron chi connectivity index (χ4n) is 1.65. The summed E-state index contributed by atoms with van der Waals surface area (Å²) in [5.41, 5.74) is 8.46. The number of aryl methyl sites for hydroxylation is 1. The Bertz CT molecular complexity index is 611. The van der Waals surface area contributed by atoms with E-state index < -0.39 is 0 Å². The first-order chi connectivity index (χ1) is 9.10. The number of nitrogens with zero attached hydrogens (tertiary/aromatic N) is 1. The fraction of sp³-hybridized carbons (Fsp3) is 0.143. The lowest BCUT2D eigenvalue weighted by molar-refractivity contribution is 0.0601. The molecule has 98 valence electrons. The van der Waals surface area contributed by atoms with Crippen molar-refractivity contribution < 1.29 is 9.53 Å². The Morgan fingerprint density at radius 1 is 1.32 bits per heavy atom. The van der Waals surface area contributed by atoms with Crippen molar-refractivity contribution >= 4 is 23.2 Å². The second-order valence-electron chi connectivity index (χ2n) is 4.09. The number of rotatable bonds is 3. The van der Waals surface area contributed by atoms with Gasteiger partial charge in [-0.25, -0.2) is 9.78 Å². The predicted molar refractivity (Wildman–Crippen MR) is 74.5 cm³/mol. The second kappa shape index (κ2) is 5.39. The van der Waals surface area contributed by atoms with E-state index in [4.69, 9.17) is 5.73 Å². The molecule has 3 N–H and O–H groups in total. The molecule has 1 aromatic heterocycles. The molecule has 0 saturated carbocycles. The lowest BCUT2D eigenvalue weighted by atomic mass is 10.2. The molecule has 2 rings (SSSR count). The third-order valence-electron chi connectivity index (χ3n) is 2.61. The van der Waals surface area contributed by atoms with Gasteiger partial charge in [0.25, 0.3) is 0 Å². The smallest absolute Gasteiger partial charge is 0.337 e. The average Bonchev–Trinajstić information content (AvgIpc) is 2.42. The zero-order chi connectivity index (χ0) is 13.8. The molecule has 0 atom stereocenters. The molecule has 0 unspecified atom stereocenters. The van der Waals surface area contributed by atoms with Gasteiger partial charge in [0.1, 0.15) is 0 Å². The molecule has 1 aromatic carbocycles. The SMILES string of the molecule is COC(=O)c1cccc(Nc2nc(C)ccc2N)c1. The van der Waals surface area contributed by atoms with Crippen molar-refractivity contribution in [3.05, 3.63) is 47.7 Å². The molecule has 0 radical (unpaired) electrons. The van der Waals surface area contributed by atoms with E-state index >= 15 is 0 Å². The van der Waals surface area contributed by atoms with Crippen molar-refractivity contribution in [1.29, 1.82) is 0 Å². The zero-order valence-corrected chi connectivity index (χ0v) is 10.8. The van der Waals surface area contributed by atoms with Gasteiger partial charge in [0.2, 0.25) is 0 Å². The summed E-state index contributed by atoms with van der Waals surface area (Å²) in [5.74, 6) is 0.191. The molecule has 0 aliphatic heterocycles. The number of carbonyl (C=O) groups is 1. The summed E-state index contributed by atoms with van der Waals surface area (Å²) in [6, 6.07) is 10.6. The van der Waals surface area contributed by atoms with E-state index in [2.05, 4.69) is 15.0 Å². The van der Waals surface area contributed by atoms with Crippen molar-refractivity contribution in [2.75, 3.05) is 18.2 Å². The van der Waals surface area contributed by atoms with Crippen molar-refractivity contribution in [1.82, 2.24) is 4.98 Å². The van der Waals surface area contributed by atoms with Gasteiger partial charge in [-0.05, 0) is 37.3 Å². The second-order valence-corrected chi connectivity index (χ2v) is 4.09. The Kier molecular flexibility index (Phi) is 3.66. The number of nitrogens with two attached hydrogens (primary N) is 1. The molecule has 0 aliphatic carbocycles. The third kappa shape index (κ3) is 3.01. The van der Waals surface area contributed by atoms with Gasteiger partial charge < -0.3 is 15.8 Å². The standard InChI is InChI=1S/C14H15N3O2/c1-9-6-7-12(15)13(16-9)17-11-5-3-4-10(8-11)14(18)19-2/h3-8H,15H2,1-2H3,(H,16,17). The summed E-state index contributed by atoms with van der Waals surface area (Å²) < 4.78 is 4.68. The van der Waals surface area contributed by atoms with E-state index in [0.717, 1.165) is 11.4 Å². The van der Waals surface area contributed by atoms with Crippen LogP contribution in [0.4, 0.5) is 17.2 Å². The largest absolute Gasteiger partial charge is 0.465 e. The highest BCUT2D eigenvalue weighted by Crippen LogP contribution is 2.21. The number of aromatic nitrogens is 1. The summed E-state index contributed by atoms with van der Waals surface area (Å²) in [5, 5.41) is 3.09. The Labute approximate surface area is 111 Å². The van der Waals surface area contributed by atoms with Crippen LogP contribution in [0.3, 0.4) is 0 Å². The van der Waals surface area contributed by atoms with Gasteiger partial charge in [-0.1, -0.05) is 6.07 Å². The Hall–Kier alpha value is -2.56. The highest BCUT2D eigenvalue weighted by molar-refractivity contribution is 5.90. The van der Waals surface area contributed by atoms with E-state index in [1.54, 1.807) is 24.3 Å². The van der Waals surface area contributed by atoms with Crippen LogP contribution in [0.15, 0.2) is 36.4 Å². The lowest BCUT2D eigenvalue weighted by Crippen LogP contribution is -2.03. The molecule has 0 aliphatic rings. The van der Waals surface area contributed by atoms with Crippen LogP contribution in [0.2, 0.25) is 0 Å². The number of carbonyl (C=O) groups excluding carboxylic acids is 1. The predicted octanol–water partition coefficient (Wildman–Crippen LogP) is 2.50. The highest BCUT2D eigenvalue weighted by Gasteiger charge is 2.07. The minimum atomic E-state index is -0.381. The first-order valence-electron chi connectivity index (χ1n) is 5.78. The molecular weight excluding hydrogens is 242 g/mol. The molecule has 19 heavy (non-hydrogen) atoms. The molecule has 5 heteroatoms. The van der Waals surface area contributed by atoms with Gasteiger partial charge in [0, 0.05) is 11.4 Å². The molecule has 2 aromatic rings. The van der Waals surface area contributed by atoms with Crippen LogP contribution in [0.5, 0.6) is 0 Å². The van der Waals surface area contributed by atoms with Gasteiger partial charge in [0.05, 0.1) is 18.4 Å². The number of hydrogen-bond acceptors (Lipinski definition) is 5. The normalized spacial score (nSPS) is 10.0. The monoisotopic (exact) mass is 257 g/mol. The summed E-state index contributed by atoms with van der Waals surface area (Å²) in [4.78, 5) is 15.8. The van der Waals surface area contributed by atoms with Crippen molar-refractivity contribution in [3.63, 3.8) is 0 Å². The van der Waals surface area contributed by atoms with Crippen LogP contribution in [0, 0.1) is 6.92 Å². The van der Waals surface area contributed by atoms with Crippen LogP contribution in [0.25, 0.3) is 0 Å². The number of anilines is 3. The molecule has 0 bridgehead atoms. The number of methoxy groups -OCH3 is 1. The Morgan fingerprint density at radius 3 is 2.84 bits per heavy atom. The number of pyridine rings is 1. The fourth-order valence-corrected chi connectivity index (χ4v) is 1.65. The summed E-state index contributed by atoms with van der Waals surface area (Å²) in [6.45, 7) is 1.88. The van der Waals surface area contributed by atoms with Crippen molar-refractivity contribution in [2.45, 2.75) is 6.92 Å². The van der Waals surface area contributed by atoms with Gasteiger partial charge in [-0.2, -0.15) is 0 Å². The topological polar surface area (TPSA) is 77.2 Å². The molecule has 0 saturated heterocycles. The van der Waals surface area contributed by atoms with Crippen LogP contribution in [-0.2, 0) is 4.74 Å². The molecule has 0 fully saturated rings. The maximum Gasteiger partial charge on any atom is 0.337 e. The molecule has 1 heterocycles. The van der Waals surface area contributed by atoms with Gasteiger partial charge >= 0.3 is 5.97 Å². The van der Waals surface area contributed by atoms with Crippen LogP contribution in [0.1, 0.15) is 16.1 Å². The summed E-state index contributed by atoms with van der Waals surface area (Å²) in [7, 11) is 1.35. The molecule has 5 nitrogen and oxygen atoms in total. The van der Waals surface area contributed by atoms with Crippen molar-refractivity contribution in [3.8, 4) is 0 Å². The number of benzene rings is 1. The maximum absolute atomic E-state index is 11.4. The van der Waals surface area contributed by atoms with E-state index in [1.165, 1.54) is 7.11 Å². The van der Waals surface area contributed by atoms with Gasteiger partial charge in [-0.3, -0.25) is 0 Å². The number of hydrogen-bond donors (Lipinski definition) is 2. The number of esters is 1. The quantitative estimate of drug-likeness (QED) is 0.826. The zero-order valence-electron chi connectivity index (χ0n) is 10.8. The Morgan fingerprint density at radius 2 is 2.11 bits per heavy atom. The third-order valence-corrected chi connectivity index (χ3v) is 2.61. The van der Waals surface area contributed by atoms with Gasteiger partial charge in [-0.15, -0.1) is 0 Å². The average molecular weight is 257 g/mol. The summed E-state index contributed by atoms with van der Waals surface area (Å²) >= 11 is 0. The van der Waals surface area contributed by atoms with Gasteiger partial charge in [0.15, 0.2) is 5.82 Å². The highest BCUT2D eigenvalue weighted by atomic mass is 16.5. The minimum Gasteiger partial charge on any atom is -0.465 e. The van der Waals surface area contributed by atoms with Crippen LogP contribution >= 0.6 is 0 Å². The minimum absolute atomic E-state index is 0.381. The first kappa shape index (κ1) is 12.9. The molecular formula is C14H15N3O2. The van der Waals surface area contributed by atoms with Crippen molar-refractivity contribution in [2.24, 2.45) is 0 Å². The van der Waals surface area contributed by atoms with E-state index in [0.29, 0.717) is 17.1 Å². The summed E-state index contributed by atoms with van der Waals surface area (Å²) in [6.07, 6.45) is 0. The lowest BCUT2D eigenvalue weighted by Gasteiger charge is -2.10. The Balaban J connectivity index is 2.28. The number of ether oxygens (including phenoxy) is 1. The maximum atomic E-state index is 11.4. The van der Waals surface area contributed by atoms with Crippen LogP contribution in [-0.4, -0.2) is 18.1 Å². The van der Waals surface area contributed by atoms with Crippen LogP contribution < -0.4 is 11.1 Å². The van der Waals surface area contributed by atoms with E-state index in [9.17, 15) is 4.79 Å². The van der Waals surface area contributed by atoms with E-state index in [1.807, 2.05) is 19.1 Å². The number of nitrogens with one attached hydrogen (secondary N) is 1.